The molecular formula is C25H28FN3O5S. The molecular weight excluding hydrogens is 473 g/mol. The molecule has 1 amide bonds. The number of nitrogen functional groups attached to an aromatic ring is 1. The first-order valence-electron chi connectivity index (χ1n) is 11.2. The Hall–Kier alpha value is -3.21. The van der Waals surface area contributed by atoms with Gasteiger partial charge in [-0.1, -0.05) is 12.1 Å². The predicted molar refractivity (Wildman–Crippen MR) is 131 cm³/mol. The third kappa shape index (κ3) is 5.72. The predicted octanol–water partition coefficient (Wildman–Crippen LogP) is 3.31. The molecule has 8 nitrogen and oxygen atoms in total. The number of ether oxygens (including phenoxy) is 1. The third-order valence-electron chi connectivity index (χ3n) is 6.30. The van der Waals surface area contributed by atoms with Gasteiger partial charge in [-0.3, -0.25) is 14.2 Å². The summed E-state index contributed by atoms with van der Waals surface area (Å²) >= 11 is 0. The Labute approximate surface area is 203 Å². The Morgan fingerprint density at radius 2 is 1.80 bits per heavy atom. The highest BCUT2D eigenvalue weighted by atomic mass is 32.2. The number of hydrogen-bond acceptors (Lipinski definition) is 6. The van der Waals surface area contributed by atoms with Crippen LogP contribution in [0.25, 0.3) is 10.8 Å². The molecule has 0 aromatic heterocycles. The summed E-state index contributed by atoms with van der Waals surface area (Å²) in [6, 6.07) is 13.8. The van der Waals surface area contributed by atoms with Crippen LogP contribution in [0.1, 0.15) is 19.4 Å². The summed E-state index contributed by atoms with van der Waals surface area (Å²) in [6.45, 7) is 5.49. The fourth-order valence-electron chi connectivity index (χ4n) is 4.41. The molecule has 3 N–H and O–H groups in total. The number of piperazine rings is 1. The van der Waals surface area contributed by atoms with Crippen LogP contribution >= 0.6 is 0 Å². The molecule has 2 unspecified atom stereocenters. The van der Waals surface area contributed by atoms with E-state index in [4.69, 9.17) is 10.5 Å². The summed E-state index contributed by atoms with van der Waals surface area (Å²) in [5.41, 5.74) is 7.24. The molecule has 0 saturated carbocycles. The van der Waals surface area contributed by atoms with E-state index in [9.17, 15) is 22.2 Å². The highest BCUT2D eigenvalue weighted by Crippen LogP contribution is 2.31. The summed E-state index contributed by atoms with van der Waals surface area (Å²) < 4.78 is 51.9. The van der Waals surface area contributed by atoms with Crippen molar-refractivity contribution in [2.24, 2.45) is 0 Å². The molecule has 10 heteroatoms. The van der Waals surface area contributed by atoms with Gasteiger partial charge in [0.2, 0.25) is 0 Å². The van der Waals surface area contributed by atoms with Gasteiger partial charge in [0, 0.05) is 48.9 Å². The second-order valence-corrected chi connectivity index (χ2v) is 10.4. The van der Waals surface area contributed by atoms with Gasteiger partial charge in [0.1, 0.15) is 11.6 Å². The van der Waals surface area contributed by atoms with Crippen molar-refractivity contribution in [1.29, 1.82) is 0 Å². The van der Waals surface area contributed by atoms with E-state index in [0.717, 1.165) is 5.56 Å². The van der Waals surface area contributed by atoms with E-state index in [2.05, 4.69) is 4.90 Å². The number of anilines is 1. The van der Waals surface area contributed by atoms with E-state index in [0.29, 0.717) is 36.1 Å². The van der Waals surface area contributed by atoms with Gasteiger partial charge in [0.05, 0.1) is 4.90 Å². The average molecular weight is 502 g/mol. The number of carbonyl (C=O) groups excluding carboxylic acids is 1. The second-order valence-electron chi connectivity index (χ2n) is 8.97. The van der Waals surface area contributed by atoms with E-state index < -0.39 is 10.1 Å². The topological polar surface area (TPSA) is 113 Å². The zero-order valence-corrected chi connectivity index (χ0v) is 20.3. The lowest BCUT2D eigenvalue weighted by Crippen LogP contribution is -2.58. The highest BCUT2D eigenvalue weighted by molar-refractivity contribution is 7.85. The first-order valence-corrected chi connectivity index (χ1v) is 12.7. The van der Waals surface area contributed by atoms with Crippen molar-refractivity contribution in [3.8, 4) is 5.75 Å². The van der Waals surface area contributed by atoms with Crippen LogP contribution < -0.4 is 10.5 Å². The first kappa shape index (κ1) is 24.9. The van der Waals surface area contributed by atoms with Gasteiger partial charge < -0.3 is 15.4 Å². The van der Waals surface area contributed by atoms with Gasteiger partial charge in [-0.25, -0.2) is 4.39 Å². The van der Waals surface area contributed by atoms with Crippen molar-refractivity contribution < 1.29 is 26.9 Å². The molecule has 1 aliphatic rings. The smallest absolute Gasteiger partial charge is 0.294 e. The molecule has 2 atom stereocenters. The molecule has 1 heterocycles. The normalized spacial score (nSPS) is 19.1. The van der Waals surface area contributed by atoms with Crippen molar-refractivity contribution in [3.63, 3.8) is 0 Å². The number of halogens is 1. The number of carbonyl (C=O) groups is 1. The molecule has 1 fully saturated rings. The minimum Gasteiger partial charge on any atom is -0.483 e. The summed E-state index contributed by atoms with van der Waals surface area (Å²) in [5.74, 6) is -0.338. The minimum atomic E-state index is -4.48. The van der Waals surface area contributed by atoms with Crippen molar-refractivity contribution in [2.45, 2.75) is 37.4 Å². The van der Waals surface area contributed by atoms with Crippen molar-refractivity contribution >= 4 is 32.5 Å². The zero-order valence-electron chi connectivity index (χ0n) is 19.5. The van der Waals surface area contributed by atoms with Crippen LogP contribution in [0.5, 0.6) is 5.75 Å². The Kier molecular flexibility index (Phi) is 6.98. The van der Waals surface area contributed by atoms with Gasteiger partial charge in [-0.15, -0.1) is 0 Å². The van der Waals surface area contributed by atoms with Crippen molar-refractivity contribution in [3.05, 3.63) is 66.0 Å². The maximum absolute atomic E-state index is 13.2. The first-order chi connectivity index (χ1) is 16.5. The van der Waals surface area contributed by atoms with Crippen LogP contribution in [0.3, 0.4) is 0 Å². The lowest BCUT2D eigenvalue weighted by atomic mass is 10.1. The standard InChI is InChI=1S/C25H28FN3O5S/c1-16-13-29(17(2)12-28(16)14-18-3-5-20(26)6-4-18)25(30)15-34-24-11-22(35(31,32)33)10-19-9-21(27)7-8-23(19)24/h3-11,16-17H,12-15,27H2,1-2H3,(H,31,32,33). The number of nitrogens with two attached hydrogens (primary N) is 1. The second kappa shape index (κ2) is 9.80. The number of nitrogens with zero attached hydrogens (tertiary/aromatic N) is 2. The van der Waals surface area contributed by atoms with Crippen molar-refractivity contribution in [1.82, 2.24) is 9.80 Å². The molecule has 35 heavy (non-hydrogen) atoms. The Morgan fingerprint density at radius 3 is 2.49 bits per heavy atom. The van der Waals surface area contributed by atoms with Crippen LogP contribution in [0.15, 0.2) is 59.5 Å². The van der Waals surface area contributed by atoms with E-state index in [1.54, 1.807) is 35.2 Å². The lowest BCUT2D eigenvalue weighted by molar-refractivity contribution is -0.139. The number of benzene rings is 3. The lowest BCUT2D eigenvalue weighted by Gasteiger charge is -2.44. The molecule has 1 aliphatic heterocycles. The number of rotatable bonds is 6. The monoisotopic (exact) mass is 501 g/mol. The van der Waals surface area contributed by atoms with Gasteiger partial charge in [0.15, 0.2) is 6.61 Å². The van der Waals surface area contributed by atoms with Crippen LogP contribution in [-0.4, -0.2) is 60.5 Å². The van der Waals surface area contributed by atoms with Crippen LogP contribution in [0.2, 0.25) is 0 Å². The summed E-state index contributed by atoms with van der Waals surface area (Å²) in [7, 11) is -4.48. The Balaban J connectivity index is 1.46. The molecule has 3 aromatic carbocycles. The minimum absolute atomic E-state index is 0.0758. The molecule has 0 bridgehead atoms. The number of fused-ring (bicyclic) bond motifs is 1. The molecule has 0 radical (unpaired) electrons. The van der Waals surface area contributed by atoms with Gasteiger partial charge in [-0.05, 0) is 61.2 Å². The number of hydrogen-bond donors (Lipinski definition) is 2. The van der Waals surface area contributed by atoms with E-state index in [1.165, 1.54) is 24.3 Å². The highest BCUT2D eigenvalue weighted by Gasteiger charge is 2.32. The molecule has 186 valence electrons. The summed E-state index contributed by atoms with van der Waals surface area (Å²) in [4.78, 5) is 16.7. The SMILES string of the molecule is CC1CN(C(=O)COc2cc(S(=O)(=O)O)cc3cc(N)ccc23)C(C)CN1Cc1ccc(F)cc1. The molecule has 1 saturated heterocycles. The Morgan fingerprint density at radius 1 is 1.09 bits per heavy atom. The van der Waals surface area contributed by atoms with Crippen LogP contribution in [0.4, 0.5) is 10.1 Å². The van der Waals surface area contributed by atoms with Crippen molar-refractivity contribution in [2.75, 3.05) is 25.4 Å². The van der Waals surface area contributed by atoms with E-state index in [-0.39, 0.29) is 41.1 Å². The van der Waals surface area contributed by atoms with Gasteiger partial charge in [-0.2, -0.15) is 8.42 Å². The zero-order chi connectivity index (χ0) is 25.3. The quantitative estimate of drug-likeness (QED) is 0.394. The number of amides is 1. The van der Waals surface area contributed by atoms with E-state index >= 15 is 0 Å². The van der Waals surface area contributed by atoms with Crippen LogP contribution in [-0.2, 0) is 21.5 Å². The van der Waals surface area contributed by atoms with Crippen LogP contribution in [0, 0.1) is 5.82 Å². The molecule has 4 rings (SSSR count). The van der Waals surface area contributed by atoms with Gasteiger partial charge in [0.25, 0.3) is 16.0 Å². The maximum Gasteiger partial charge on any atom is 0.294 e. The molecule has 3 aromatic rings. The third-order valence-corrected chi connectivity index (χ3v) is 7.13. The Bertz CT molecular complexity index is 1350. The molecule has 0 spiro atoms. The summed E-state index contributed by atoms with van der Waals surface area (Å²) in [5, 5.41) is 1.05. The maximum atomic E-state index is 13.2. The van der Waals surface area contributed by atoms with Gasteiger partial charge >= 0.3 is 0 Å². The van der Waals surface area contributed by atoms with E-state index in [1.807, 2.05) is 13.8 Å². The fraction of sp³-hybridized carbons (Fsp3) is 0.320. The largest absolute Gasteiger partial charge is 0.483 e. The molecule has 0 aliphatic carbocycles. The summed E-state index contributed by atoms with van der Waals surface area (Å²) in [6.07, 6.45) is 0. The fourth-order valence-corrected chi connectivity index (χ4v) is 4.94. The average Bonchev–Trinajstić information content (AvgIpc) is 2.79.